The molecule has 0 radical (unpaired) electrons. The molecule has 0 fully saturated rings. The molecule has 184 valence electrons. The van der Waals surface area contributed by atoms with Gasteiger partial charge in [0.15, 0.2) is 0 Å². The number of aromatic nitrogens is 2. The molecule has 4 aromatic carbocycles. The van der Waals surface area contributed by atoms with Crippen molar-refractivity contribution in [3.8, 4) is 0 Å². The van der Waals surface area contributed by atoms with E-state index in [-0.39, 0.29) is 0 Å². The van der Waals surface area contributed by atoms with E-state index in [1.165, 1.54) is 0 Å². The van der Waals surface area contributed by atoms with Crippen LogP contribution in [0.15, 0.2) is 72.8 Å². The van der Waals surface area contributed by atoms with E-state index in [0.717, 1.165) is 72.3 Å². The van der Waals surface area contributed by atoms with Gasteiger partial charge in [0.1, 0.15) is 13.2 Å². The van der Waals surface area contributed by atoms with Gasteiger partial charge in [0.2, 0.25) is 0 Å². The first kappa shape index (κ1) is 21.1. The van der Waals surface area contributed by atoms with E-state index in [1.54, 1.807) is 0 Å². The third-order valence-corrected chi connectivity index (χ3v) is 7.50. The fourth-order valence-electron chi connectivity index (χ4n) is 5.74. The van der Waals surface area contributed by atoms with Crippen molar-refractivity contribution in [1.82, 2.24) is 9.46 Å². The van der Waals surface area contributed by atoms with Crippen LogP contribution in [0, 0.1) is 0 Å². The maximum absolute atomic E-state index is 6.35. The van der Waals surface area contributed by atoms with Gasteiger partial charge in [-0.25, -0.2) is 0 Å². The molecule has 6 nitrogen and oxygen atoms in total. The Balaban J connectivity index is 1.37. The predicted octanol–water partition coefficient (Wildman–Crippen LogP) is 5.91. The van der Waals surface area contributed by atoms with Gasteiger partial charge >= 0.3 is 0 Å². The minimum atomic E-state index is 0.541. The fourth-order valence-corrected chi connectivity index (χ4v) is 5.74. The second-order valence-corrected chi connectivity index (χ2v) is 10.0. The van der Waals surface area contributed by atoms with Crippen LogP contribution in [-0.4, -0.2) is 22.7 Å². The molecule has 14 rings (SSSR count). The highest BCUT2D eigenvalue weighted by Gasteiger charge is 2.17. The maximum Gasteiger partial charge on any atom is 0.118 e. The first-order chi connectivity index (χ1) is 18.3. The molecule has 0 saturated heterocycles. The lowest BCUT2D eigenvalue weighted by atomic mass is 10.1. The van der Waals surface area contributed by atoms with Crippen molar-refractivity contribution in [2.45, 2.75) is 32.8 Å². The first-order valence-corrected chi connectivity index (χ1v) is 12.9. The highest BCUT2D eigenvalue weighted by molar-refractivity contribution is 6.09. The second kappa shape index (κ2) is 8.26. The number of hydrogen-bond acceptors (Lipinski definition) is 4. The Morgan fingerprint density at radius 2 is 0.757 bits per heavy atom. The summed E-state index contributed by atoms with van der Waals surface area (Å²) < 4.78 is 16.4. The molecule has 0 spiro atoms. The topological polar surface area (TPSA) is 46.8 Å². The van der Waals surface area contributed by atoms with Crippen LogP contribution >= 0.6 is 0 Å². The van der Waals surface area contributed by atoms with Gasteiger partial charge in [-0.05, 0) is 70.8 Å². The van der Waals surface area contributed by atoms with E-state index in [2.05, 4.69) is 72.8 Å². The van der Waals surface area contributed by atoms with Crippen LogP contribution in [0.25, 0.3) is 43.6 Å². The average Bonchev–Trinajstić information content (AvgIpc) is 3.39. The second-order valence-electron chi connectivity index (χ2n) is 10.0. The zero-order chi connectivity index (χ0) is 24.3. The Morgan fingerprint density at radius 1 is 0.432 bits per heavy atom. The van der Waals surface area contributed by atoms with Crippen LogP contribution < -0.4 is 9.68 Å². The van der Waals surface area contributed by atoms with Gasteiger partial charge in [0.25, 0.3) is 0 Å². The zero-order valence-electron chi connectivity index (χ0n) is 20.4. The summed E-state index contributed by atoms with van der Waals surface area (Å²) in [7, 11) is 0. The summed E-state index contributed by atoms with van der Waals surface area (Å²) in [6.07, 6.45) is 0.760. The number of hydrogen-bond donors (Lipinski definition) is 0. The number of ether oxygens (including phenoxy) is 2. The lowest BCUT2D eigenvalue weighted by Crippen LogP contribution is -2.18. The lowest BCUT2D eigenvalue weighted by Gasteiger charge is -2.13. The molecule has 0 saturated carbocycles. The van der Waals surface area contributed by atoms with Crippen molar-refractivity contribution in [2.24, 2.45) is 0 Å². The highest BCUT2D eigenvalue weighted by atomic mass is 16.7. The van der Waals surface area contributed by atoms with Crippen LogP contribution in [0.1, 0.15) is 28.7 Å². The van der Waals surface area contributed by atoms with E-state index in [0.29, 0.717) is 39.6 Å². The van der Waals surface area contributed by atoms with Gasteiger partial charge in [-0.2, -0.15) is 9.46 Å². The monoisotopic (exact) mass is 490 g/mol. The van der Waals surface area contributed by atoms with Crippen LogP contribution in [0.4, 0.5) is 0 Å². The van der Waals surface area contributed by atoms with Gasteiger partial charge in [0, 0.05) is 28.0 Å². The van der Waals surface area contributed by atoms with Crippen LogP contribution in [0.5, 0.6) is 0 Å². The maximum atomic E-state index is 6.35. The van der Waals surface area contributed by atoms with Crippen LogP contribution in [0.2, 0.25) is 0 Å². The third-order valence-electron chi connectivity index (χ3n) is 7.50. The summed E-state index contributed by atoms with van der Waals surface area (Å²) >= 11 is 0. The fraction of sp³-hybridized carbons (Fsp3) is 0.226. The van der Waals surface area contributed by atoms with Crippen molar-refractivity contribution in [1.29, 1.82) is 0 Å². The summed E-state index contributed by atoms with van der Waals surface area (Å²) in [5, 5.41) is 4.64. The van der Waals surface area contributed by atoms with Crippen molar-refractivity contribution in [3.05, 3.63) is 95.1 Å². The van der Waals surface area contributed by atoms with E-state index in [4.69, 9.17) is 19.1 Å². The van der Waals surface area contributed by atoms with E-state index >= 15 is 0 Å². The van der Waals surface area contributed by atoms with Crippen molar-refractivity contribution in [3.63, 3.8) is 0 Å². The van der Waals surface area contributed by atoms with Gasteiger partial charge in [-0.3, -0.25) is 0 Å². The quantitative estimate of drug-likeness (QED) is 0.266. The normalized spacial score (nSPS) is 16.1. The molecule has 14 bridgehead atoms. The SMILES string of the molecule is c1cc2c3cc1COCc1ccc4c(c1)c1cc5ccc1n4OCCCOn2c1ccc(cc31)COC5. The summed E-state index contributed by atoms with van der Waals surface area (Å²) in [5.74, 6) is 0. The Hall–Kier alpha value is -4.00. The summed E-state index contributed by atoms with van der Waals surface area (Å²) in [6, 6.07) is 26.0. The molecule has 8 aliphatic heterocycles. The molecule has 6 heteroatoms. The summed E-state index contributed by atoms with van der Waals surface area (Å²) in [4.78, 5) is 12.7. The molecule has 0 amide bonds. The van der Waals surface area contributed by atoms with E-state index in [1.807, 2.05) is 9.46 Å². The lowest BCUT2D eigenvalue weighted by molar-refractivity contribution is 0.0802. The van der Waals surface area contributed by atoms with Gasteiger partial charge in [-0.15, -0.1) is 0 Å². The highest BCUT2D eigenvalue weighted by Crippen LogP contribution is 2.33. The van der Waals surface area contributed by atoms with Gasteiger partial charge in [-0.1, -0.05) is 24.3 Å². The van der Waals surface area contributed by atoms with Crippen molar-refractivity contribution >= 4 is 43.6 Å². The standard InChI is InChI=1S/C31H26N2O4/c1-10-36-32-28-6-2-20-12-24(28)25-13-22(3-7-29(25)32)18-35-19-23-5-9-31-27(15-23)26-14-21(17-34-16-20)4-8-30(26)33(31)37-11-1/h2-9,12-15H,1,10-11,16-19H2. The summed E-state index contributed by atoms with van der Waals surface area (Å²) in [5.41, 5.74) is 8.79. The molecule has 0 atom stereocenters. The Morgan fingerprint density at radius 3 is 1.08 bits per heavy atom. The molecule has 8 aliphatic rings. The van der Waals surface area contributed by atoms with Crippen LogP contribution in [-0.2, 0) is 35.9 Å². The van der Waals surface area contributed by atoms with Crippen molar-refractivity contribution < 1.29 is 19.1 Å². The number of fused-ring (bicyclic) bond motifs is 1. The van der Waals surface area contributed by atoms with E-state index in [9.17, 15) is 0 Å². The zero-order valence-corrected chi connectivity index (χ0v) is 20.4. The molecular formula is C31H26N2O4. The van der Waals surface area contributed by atoms with Gasteiger partial charge in [0.05, 0.1) is 48.5 Å². The third kappa shape index (κ3) is 3.40. The Kier molecular flexibility index (Phi) is 4.72. The first-order valence-electron chi connectivity index (χ1n) is 12.9. The smallest absolute Gasteiger partial charge is 0.118 e. The Bertz CT molecular complexity index is 1570. The van der Waals surface area contributed by atoms with Gasteiger partial charge < -0.3 is 19.1 Å². The molecular weight excluding hydrogens is 464 g/mol. The average molecular weight is 491 g/mol. The van der Waals surface area contributed by atoms with Crippen LogP contribution in [0.3, 0.4) is 0 Å². The van der Waals surface area contributed by atoms with Crippen molar-refractivity contribution in [2.75, 3.05) is 13.2 Å². The molecule has 0 aliphatic carbocycles. The van der Waals surface area contributed by atoms with E-state index < -0.39 is 0 Å². The molecule has 6 aromatic rings. The predicted molar refractivity (Wildman–Crippen MR) is 143 cm³/mol. The number of rotatable bonds is 0. The molecule has 37 heavy (non-hydrogen) atoms. The molecule has 0 unspecified atom stereocenters. The largest absolute Gasteiger partial charge is 0.413 e. The number of benzene rings is 4. The minimum Gasteiger partial charge on any atom is -0.413 e. The minimum absolute atomic E-state index is 0.541. The molecule has 0 N–H and O–H groups in total. The molecule has 10 heterocycles. The molecule has 2 aromatic heterocycles. The summed E-state index contributed by atoms with van der Waals surface area (Å²) in [6.45, 7) is 3.25. The Labute approximate surface area is 213 Å². The number of nitrogens with zero attached hydrogens (tertiary/aromatic N) is 2.